The van der Waals surface area contributed by atoms with Crippen LogP contribution < -0.4 is 5.32 Å². The van der Waals surface area contributed by atoms with Gasteiger partial charge in [0.25, 0.3) is 0 Å². The van der Waals surface area contributed by atoms with Crippen molar-refractivity contribution in [2.24, 2.45) is 5.92 Å². The molecule has 1 aliphatic rings. The number of nitrogens with zero attached hydrogens (tertiary/aromatic N) is 2. The molecule has 1 aromatic heterocycles. The maximum absolute atomic E-state index is 5.67. The fraction of sp³-hybridized carbons (Fsp3) is 0.818. The number of nitrogens with one attached hydrogen (secondary N) is 1. The molecular formula is C11H19N3O2. The molecule has 0 bridgehead atoms. The van der Waals surface area contributed by atoms with Crippen molar-refractivity contribution in [3.8, 4) is 0 Å². The predicted molar refractivity (Wildman–Crippen MR) is 59.0 cm³/mol. The van der Waals surface area contributed by atoms with Gasteiger partial charge in [0.05, 0.1) is 0 Å². The molecule has 0 spiro atoms. The van der Waals surface area contributed by atoms with Crippen molar-refractivity contribution in [3.05, 3.63) is 11.7 Å². The first-order valence-corrected chi connectivity index (χ1v) is 5.93. The summed E-state index contributed by atoms with van der Waals surface area (Å²) >= 11 is 0. The summed E-state index contributed by atoms with van der Waals surface area (Å²) in [6.45, 7) is 3.54. The summed E-state index contributed by atoms with van der Waals surface area (Å²) < 4.78 is 10.9. The zero-order chi connectivity index (χ0) is 11.4. The summed E-state index contributed by atoms with van der Waals surface area (Å²) in [4.78, 5) is 4.39. The Morgan fingerprint density at radius 2 is 2.38 bits per heavy atom. The lowest BCUT2D eigenvalue weighted by atomic mass is 10.2. The number of hydrogen-bond donors (Lipinski definition) is 1. The fourth-order valence-electron chi connectivity index (χ4n) is 1.72. The molecule has 1 unspecified atom stereocenters. The van der Waals surface area contributed by atoms with Crippen molar-refractivity contribution in [2.45, 2.75) is 32.3 Å². The number of likely N-dealkylation sites (N-methyl/N-ethyl adjacent to an activating group) is 1. The van der Waals surface area contributed by atoms with Gasteiger partial charge < -0.3 is 14.6 Å². The number of rotatable bonds is 7. The number of ether oxygens (including phenoxy) is 1. The standard InChI is InChI=1S/C11H19N3O2/c1-3-15-10(8-4-5-8)11-13-9(16-14-11)6-7-12-2/h8,10,12H,3-7H2,1-2H3. The van der Waals surface area contributed by atoms with E-state index >= 15 is 0 Å². The Bertz CT molecular complexity index is 323. The van der Waals surface area contributed by atoms with Crippen molar-refractivity contribution < 1.29 is 9.26 Å². The summed E-state index contributed by atoms with van der Waals surface area (Å²) in [7, 11) is 1.91. The highest BCUT2D eigenvalue weighted by atomic mass is 16.5. The smallest absolute Gasteiger partial charge is 0.228 e. The summed E-state index contributed by atoms with van der Waals surface area (Å²) in [5.74, 6) is 2.00. The number of aromatic nitrogens is 2. The monoisotopic (exact) mass is 225 g/mol. The molecule has 0 saturated heterocycles. The first-order chi connectivity index (χ1) is 7.85. The molecule has 5 nitrogen and oxygen atoms in total. The second-order valence-corrected chi connectivity index (χ2v) is 4.11. The summed E-state index contributed by atoms with van der Waals surface area (Å²) in [6.07, 6.45) is 3.24. The van der Waals surface area contributed by atoms with Crippen LogP contribution in [-0.2, 0) is 11.2 Å². The van der Waals surface area contributed by atoms with Crippen LogP contribution in [0.5, 0.6) is 0 Å². The molecule has 0 radical (unpaired) electrons. The minimum absolute atomic E-state index is 0.0390. The average Bonchev–Trinajstić information content (AvgIpc) is 3.02. The normalized spacial score (nSPS) is 17.6. The summed E-state index contributed by atoms with van der Waals surface area (Å²) in [5, 5.41) is 7.07. The summed E-state index contributed by atoms with van der Waals surface area (Å²) in [5.41, 5.74) is 0. The Kier molecular flexibility index (Phi) is 3.90. The van der Waals surface area contributed by atoms with Crippen LogP contribution in [0.25, 0.3) is 0 Å². The molecule has 16 heavy (non-hydrogen) atoms. The molecule has 0 aromatic carbocycles. The van der Waals surface area contributed by atoms with Gasteiger partial charge in [0.15, 0.2) is 0 Å². The van der Waals surface area contributed by atoms with E-state index in [4.69, 9.17) is 9.26 Å². The van der Waals surface area contributed by atoms with Crippen molar-refractivity contribution >= 4 is 0 Å². The van der Waals surface area contributed by atoms with Gasteiger partial charge in [-0.3, -0.25) is 0 Å². The molecule has 1 atom stereocenters. The van der Waals surface area contributed by atoms with Crippen LogP contribution in [0.3, 0.4) is 0 Å². The van der Waals surface area contributed by atoms with Gasteiger partial charge >= 0.3 is 0 Å². The highest BCUT2D eigenvalue weighted by molar-refractivity contribution is 4.98. The zero-order valence-corrected chi connectivity index (χ0v) is 9.90. The van der Waals surface area contributed by atoms with E-state index in [1.54, 1.807) is 0 Å². The highest BCUT2D eigenvalue weighted by Gasteiger charge is 2.36. The lowest BCUT2D eigenvalue weighted by molar-refractivity contribution is 0.0384. The molecule has 1 N–H and O–H groups in total. The molecule has 1 aromatic rings. The molecule has 90 valence electrons. The Morgan fingerprint density at radius 3 is 3.00 bits per heavy atom. The maximum Gasteiger partial charge on any atom is 0.228 e. The summed E-state index contributed by atoms with van der Waals surface area (Å²) in [6, 6.07) is 0. The molecule has 1 fully saturated rings. The molecular weight excluding hydrogens is 206 g/mol. The third-order valence-corrected chi connectivity index (χ3v) is 2.72. The van der Waals surface area contributed by atoms with E-state index in [0.717, 1.165) is 18.8 Å². The van der Waals surface area contributed by atoms with Crippen molar-refractivity contribution in [1.82, 2.24) is 15.5 Å². The van der Waals surface area contributed by atoms with E-state index in [1.807, 2.05) is 14.0 Å². The average molecular weight is 225 g/mol. The Morgan fingerprint density at radius 1 is 1.56 bits per heavy atom. The Labute approximate surface area is 95.6 Å². The van der Waals surface area contributed by atoms with E-state index in [0.29, 0.717) is 18.4 Å². The fourth-order valence-corrected chi connectivity index (χ4v) is 1.72. The van der Waals surface area contributed by atoms with Crippen molar-refractivity contribution in [2.75, 3.05) is 20.2 Å². The lowest BCUT2D eigenvalue weighted by Gasteiger charge is -2.10. The lowest BCUT2D eigenvalue weighted by Crippen LogP contribution is -2.11. The van der Waals surface area contributed by atoms with E-state index < -0.39 is 0 Å². The first kappa shape index (κ1) is 11.5. The zero-order valence-electron chi connectivity index (χ0n) is 9.90. The molecule has 0 amide bonds. The highest BCUT2D eigenvalue weighted by Crippen LogP contribution is 2.42. The molecule has 1 aliphatic carbocycles. The van der Waals surface area contributed by atoms with Gasteiger partial charge in [-0.25, -0.2) is 0 Å². The first-order valence-electron chi connectivity index (χ1n) is 5.93. The van der Waals surface area contributed by atoms with E-state index in [-0.39, 0.29) is 6.10 Å². The second kappa shape index (κ2) is 5.41. The molecule has 0 aliphatic heterocycles. The minimum Gasteiger partial charge on any atom is -0.370 e. The van der Waals surface area contributed by atoms with Gasteiger partial charge in [-0.15, -0.1) is 0 Å². The molecule has 1 saturated carbocycles. The van der Waals surface area contributed by atoms with Crippen LogP contribution in [0.15, 0.2) is 4.52 Å². The van der Waals surface area contributed by atoms with Crippen molar-refractivity contribution in [3.63, 3.8) is 0 Å². The van der Waals surface area contributed by atoms with Crippen LogP contribution in [0, 0.1) is 5.92 Å². The quantitative estimate of drug-likeness (QED) is 0.758. The van der Waals surface area contributed by atoms with E-state index in [2.05, 4.69) is 15.5 Å². The van der Waals surface area contributed by atoms with Gasteiger partial charge in [0.2, 0.25) is 11.7 Å². The Balaban J connectivity index is 1.97. The topological polar surface area (TPSA) is 60.2 Å². The van der Waals surface area contributed by atoms with Crippen LogP contribution in [-0.4, -0.2) is 30.3 Å². The van der Waals surface area contributed by atoms with Gasteiger partial charge in [0.1, 0.15) is 6.10 Å². The maximum atomic E-state index is 5.67. The SMILES string of the molecule is CCOC(c1noc(CCNC)n1)C1CC1. The van der Waals surface area contributed by atoms with Gasteiger partial charge in [-0.2, -0.15) is 4.98 Å². The minimum atomic E-state index is 0.0390. The molecule has 2 rings (SSSR count). The third kappa shape index (κ3) is 2.80. The number of hydrogen-bond acceptors (Lipinski definition) is 5. The van der Waals surface area contributed by atoms with Crippen LogP contribution in [0.2, 0.25) is 0 Å². The van der Waals surface area contributed by atoms with Crippen LogP contribution >= 0.6 is 0 Å². The van der Waals surface area contributed by atoms with Gasteiger partial charge in [0, 0.05) is 19.6 Å². The molecule has 5 heteroatoms. The van der Waals surface area contributed by atoms with Crippen LogP contribution in [0.1, 0.15) is 37.6 Å². The van der Waals surface area contributed by atoms with Gasteiger partial charge in [-0.05, 0) is 32.7 Å². The predicted octanol–water partition coefficient (Wildman–Crippen LogP) is 1.32. The van der Waals surface area contributed by atoms with Crippen LogP contribution in [0.4, 0.5) is 0 Å². The Hall–Kier alpha value is -0.940. The second-order valence-electron chi connectivity index (χ2n) is 4.11. The van der Waals surface area contributed by atoms with E-state index in [9.17, 15) is 0 Å². The largest absolute Gasteiger partial charge is 0.370 e. The molecule has 1 heterocycles. The van der Waals surface area contributed by atoms with Crippen molar-refractivity contribution in [1.29, 1.82) is 0 Å². The van der Waals surface area contributed by atoms with E-state index in [1.165, 1.54) is 12.8 Å². The van der Waals surface area contributed by atoms with Gasteiger partial charge in [-0.1, -0.05) is 5.16 Å². The third-order valence-electron chi connectivity index (χ3n) is 2.72.